The average molecular weight is 445 g/mol. The third kappa shape index (κ3) is 5.42. The standard InChI is InChI=1S/C21H36N2O6S/c1-7-15(8-2)30(25,26)21(5,6)19(24)22-17-13-16(23-29-17)20(3,4)14-28-18-11-9-10-12-27-18/h13,15,18H,7-12,14H2,1-6H3,(H,22,24). The Morgan fingerprint density at radius 1 is 1.27 bits per heavy atom. The van der Waals surface area contributed by atoms with Crippen molar-refractivity contribution >= 4 is 21.6 Å². The van der Waals surface area contributed by atoms with Crippen molar-refractivity contribution in [3.8, 4) is 0 Å². The van der Waals surface area contributed by atoms with Crippen LogP contribution in [0.2, 0.25) is 0 Å². The Morgan fingerprint density at radius 3 is 2.50 bits per heavy atom. The summed E-state index contributed by atoms with van der Waals surface area (Å²) in [5.74, 6) is -0.522. The van der Waals surface area contributed by atoms with Gasteiger partial charge in [-0.2, -0.15) is 0 Å². The second-order valence-corrected chi connectivity index (χ2v) is 11.8. The predicted molar refractivity (Wildman–Crippen MR) is 115 cm³/mol. The van der Waals surface area contributed by atoms with E-state index < -0.39 is 31.2 Å². The average Bonchev–Trinajstić information content (AvgIpc) is 3.17. The molecular weight excluding hydrogens is 408 g/mol. The molecule has 0 saturated carbocycles. The molecule has 30 heavy (non-hydrogen) atoms. The maximum absolute atomic E-state index is 12.9. The number of carbonyl (C=O) groups is 1. The lowest BCUT2D eigenvalue weighted by Gasteiger charge is -2.28. The van der Waals surface area contributed by atoms with Crippen LogP contribution < -0.4 is 5.32 Å². The van der Waals surface area contributed by atoms with Crippen LogP contribution in [0.25, 0.3) is 0 Å². The number of aromatic nitrogens is 1. The zero-order valence-corrected chi connectivity index (χ0v) is 19.8. The predicted octanol–water partition coefficient (Wildman–Crippen LogP) is 3.82. The largest absolute Gasteiger partial charge is 0.353 e. The van der Waals surface area contributed by atoms with E-state index in [2.05, 4.69) is 10.5 Å². The highest BCUT2D eigenvalue weighted by Gasteiger charge is 2.45. The number of nitrogens with one attached hydrogen (secondary N) is 1. The zero-order chi connectivity index (χ0) is 22.6. The van der Waals surface area contributed by atoms with Gasteiger partial charge in [-0.3, -0.25) is 10.1 Å². The summed E-state index contributed by atoms with van der Waals surface area (Å²) in [4.78, 5) is 12.8. The molecular formula is C21H36N2O6S. The zero-order valence-electron chi connectivity index (χ0n) is 19.0. The molecule has 1 amide bonds. The van der Waals surface area contributed by atoms with Gasteiger partial charge in [0.1, 0.15) is 4.75 Å². The van der Waals surface area contributed by atoms with Crippen molar-refractivity contribution < 1.29 is 27.2 Å². The third-order valence-electron chi connectivity index (χ3n) is 5.82. The van der Waals surface area contributed by atoms with E-state index >= 15 is 0 Å². The summed E-state index contributed by atoms with van der Waals surface area (Å²) in [5, 5.41) is 6.07. The van der Waals surface area contributed by atoms with E-state index in [0.717, 1.165) is 19.3 Å². The topological polar surface area (TPSA) is 108 Å². The van der Waals surface area contributed by atoms with E-state index in [1.54, 1.807) is 6.07 Å². The van der Waals surface area contributed by atoms with Crippen molar-refractivity contribution in [3.63, 3.8) is 0 Å². The van der Waals surface area contributed by atoms with Crippen molar-refractivity contribution in [1.82, 2.24) is 5.16 Å². The minimum Gasteiger partial charge on any atom is -0.353 e. The molecule has 172 valence electrons. The quantitative estimate of drug-likeness (QED) is 0.584. The molecule has 0 aromatic carbocycles. The highest BCUT2D eigenvalue weighted by atomic mass is 32.2. The first kappa shape index (κ1) is 24.8. The molecule has 1 atom stereocenters. The van der Waals surface area contributed by atoms with E-state index in [9.17, 15) is 13.2 Å². The molecule has 1 aromatic rings. The smallest absolute Gasteiger partial charge is 0.247 e. The molecule has 8 nitrogen and oxygen atoms in total. The number of nitrogens with zero attached hydrogens (tertiary/aromatic N) is 1. The molecule has 2 rings (SSSR count). The van der Waals surface area contributed by atoms with Gasteiger partial charge in [0.15, 0.2) is 16.1 Å². The van der Waals surface area contributed by atoms with Crippen LogP contribution in [0, 0.1) is 0 Å². The van der Waals surface area contributed by atoms with Crippen molar-refractivity contribution in [1.29, 1.82) is 0 Å². The lowest BCUT2D eigenvalue weighted by Crippen LogP contribution is -2.48. The minimum absolute atomic E-state index is 0.116. The molecule has 1 aliphatic rings. The lowest BCUT2D eigenvalue weighted by atomic mass is 9.90. The van der Waals surface area contributed by atoms with Crippen LogP contribution in [0.1, 0.15) is 79.3 Å². The van der Waals surface area contributed by atoms with Gasteiger partial charge in [0, 0.05) is 18.1 Å². The normalized spacial score (nSPS) is 18.6. The van der Waals surface area contributed by atoms with E-state index in [4.69, 9.17) is 14.0 Å². The van der Waals surface area contributed by atoms with Crippen LogP contribution in [0.5, 0.6) is 0 Å². The van der Waals surface area contributed by atoms with Gasteiger partial charge in [0.25, 0.3) is 0 Å². The number of amides is 1. The second-order valence-electron chi connectivity index (χ2n) is 9.02. The van der Waals surface area contributed by atoms with Crippen LogP contribution in [0.3, 0.4) is 0 Å². The lowest BCUT2D eigenvalue weighted by molar-refractivity contribution is -0.170. The van der Waals surface area contributed by atoms with Crippen molar-refractivity contribution in [2.24, 2.45) is 0 Å². The van der Waals surface area contributed by atoms with Crippen LogP contribution >= 0.6 is 0 Å². The Hall–Kier alpha value is -1.45. The summed E-state index contributed by atoms with van der Waals surface area (Å²) in [6.45, 7) is 11.5. The molecule has 1 fully saturated rings. The van der Waals surface area contributed by atoms with Crippen LogP contribution in [0.15, 0.2) is 10.6 Å². The SMILES string of the molecule is CCC(CC)S(=O)(=O)C(C)(C)C(=O)Nc1cc(C(C)(C)COC2CCCCO2)no1. The Bertz CT molecular complexity index is 805. The van der Waals surface area contributed by atoms with Gasteiger partial charge in [-0.1, -0.05) is 32.9 Å². The minimum atomic E-state index is -3.67. The number of sulfone groups is 1. The first-order valence-electron chi connectivity index (χ1n) is 10.7. The van der Waals surface area contributed by atoms with Gasteiger partial charge in [0.05, 0.1) is 17.6 Å². The highest BCUT2D eigenvalue weighted by Crippen LogP contribution is 2.29. The summed E-state index contributed by atoms with van der Waals surface area (Å²) in [6.07, 6.45) is 3.72. The van der Waals surface area contributed by atoms with Gasteiger partial charge >= 0.3 is 0 Å². The van der Waals surface area contributed by atoms with Crippen molar-refractivity contribution in [2.75, 3.05) is 18.5 Å². The molecule has 1 N–H and O–H groups in total. The first-order chi connectivity index (χ1) is 14.0. The number of hydrogen-bond donors (Lipinski definition) is 1. The fourth-order valence-corrected chi connectivity index (χ4v) is 5.43. The Labute approximate surface area is 180 Å². The number of rotatable bonds is 10. The third-order valence-corrected chi connectivity index (χ3v) is 8.97. The maximum atomic E-state index is 12.9. The fourth-order valence-electron chi connectivity index (χ4n) is 3.41. The van der Waals surface area contributed by atoms with E-state index in [1.165, 1.54) is 13.8 Å². The number of ether oxygens (including phenoxy) is 2. The molecule has 0 bridgehead atoms. The van der Waals surface area contributed by atoms with Crippen molar-refractivity contribution in [2.45, 2.75) is 95.3 Å². The molecule has 0 aliphatic carbocycles. The highest BCUT2D eigenvalue weighted by molar-refractivity contribution is 7.94. The summed E-state index contributed by atoms with van der Waals surface area (Å²) >= 11 is 0. The summed E-state index contributed by atoms with van der Waals surface area (Å²) < 4.78 is 41.0. The van der Waals surface area contributed by atoms with Crippen molar-refractivity contribution in [3.05, 3.63) is 11.8 Å². The summed E-state index contributed by atoms with van der Waals surface area (Å²) in [7, 11) is -3.67. The van der Waals surface area contributed by atoms with Gasteiger partial charge in [-0.25, -0.2) is 8.42 Å². The number of anilines is 1. The van der Waals surface area contributed by atoms with E-state index in [1.807, 2.05) is 27.7 Å². The molecule has 9 heteroatoms. The Morgan fingerprint density at radius 2 is 1.93 bits per heavy atom. The van der Waals surface area contributed by atoms with Gasteiger partial charge in [-0.05, 0) is 46.0 Å². The van der Waals surface area contributed by atoms with Crippen LogP contribution in [0.4, 0.5) is 5.88 Å². The fraction of sp³-hybridized carbons (Fsp3) is 0.810. The summed E-state index contributed by atoms with van der Waals surface area (Å²) in [6, 6.07) is 1.61. The van der Waals surface area contributed by atoms with Gasteiger partial charge in [-0.15, -0.1) is 0 Å². The molecule has 1 aromatic heterocycles. The molecule has 1 aliphatic heterocycles. The second kappa shape index (κ2) is 9.78. The summed E-state index contributed by atoms with van der Waals surface area (Å²) in [5.41, 5.74) is 0.138. The molecule has 1 unspecified atom stereocenters. The molecule has 0 radical (unpaired) electrons. The Kier molecular flexibility index (Phi) is 8.09. The van der Waals surface area contributed by atoms with Gasteiger partial charge in [0.2, 0.25) is 11.8 Å². The first-order valence-corrected chi connectivity index (χ1v) is 12.3. The van der Waals surface area contributed by atoms with Crippen LogP contribution in [-0.4, -0.2) is 49.0 Å². The van der Waals surface area contributed by atoms with E-state index in [-0.39, 0.29) is 12.2 Å². The van der Waals surface area contributed by atoms with E-state index in [0.29, 0.717) is 31.7 Å². The van der Waals surface area contributed by atoms with Crippen LogP contribution in [-0.2, 0) is 29.5 Å². The monoisotopic (exact) mass is 444 g/mol. The molecule has 0 spiro atoms. The van der Waals surface area contributed by atoms with Gasteiger partial charge < -0.3 is 14.0 Å². The Balaban J connectivity index is 2.05. The number of hydrogen-bond acceptors (Lipinski definition) is 7. The number of carbonyl (C=O) groups excluding carboxylic acids is 1. The molecule has 2 heterocycles. The maximum Gasteiger partial charge on any atom is 0.247 e. The molecule has 1 saturated heterocycles.